The Kier molecular flexibility index (Phi) is 5.50. The second kappa shape index (κ2) is 8.20. The van der Waals surface area contributed by atoms with Crippen molar-refractivity contribution < 1.29 is 14.4 Å². The van der Waals surface area contributed by atoms with Gasteiger partial charge in [-0.2, -0.15) is 0 Å². The molecule has 1 heterocycles. The molecule has 3 amide bonds. The van der Waals surface area contributed by atoms with Gasteiger partial charge in [-0.05, 0) is 87.3 Å². The number of rotatable bonds is 5. The van der Waals surface area contributed by atoms with Crippen LogP contribution in [0.25, 0.3) is 0 Å². The summed E-state index contributed by atoms with van der Waals surface area (Å²) in [5.74, 6) is 1.33. The molecule has 0 aromatic heterocycles. The fourth-order valence-corrected chi connectivity index (χ4v) is 7.46. The molecule has 1 saturated heterocycles. The van der Waals surface area contributed by atoms with Crippen molar-refractivity contribution >= 4 is 17.7 Å². The van der Waals surface area contributed by atoms with Gasteiger partial charge in [0.1, 0.15) is 0 Å². The van der Waals surface area contributed by atoms with Crippen molar-refractivity contribution in [2.45, 2.75) is 76.8 Å². The van der Waals surface area contributed by atoms with Crippen LogP contribution in [0.1, 0.15) is 80.6 Å². The van der Waals surface area contributed by atoms with E-state index in [9.17, 15) is 14.4 Å². The standard InChI is InChI=1S/C26H35N3O3/c1-18(30)28-26-14-20-11-21(15-26)13-25(12-20,17-26)24(32)27-16-19-5-7-22(8-6-19)23(31)29-9-3-2-4-10-29/h5-8,20-21H,2-4,9-17H2,1H3,(H,27,32)(H,28,30)/t20-,21+,25?,26?. The summed E-state index contributed by atoms with van der Waals surface area (Å²) in [6.07, 6.45) is 9.27. The third-order valence-electron chi connectivity index (χ3n) is 8.28. The van der Waals surface area contributed by atoms with E-state index in [0.29, 0.717) is 18.4 Å². The van der Waals surface area contributed by atoms with Crippen LogP contribution in [0.2, 0.25) is 0 Å². The highest BCUT2D eigenvalue weighted by Gasteiger charge is 2.60. The Bertz CT molecular complexity index is 889. The first-order chi connectivity index (χ1) is 15.4. The maximum Gasteiger partial charge on any atom is 0.253 e. The Morgan fingerprint density at radius 1 is 0.969 bits per heavy atom. The van der Waals surface area contributed by atoms with Gasteiger partial charge in [-0.1, -0.05) is 12.1 Å². The highest BCUT2D eigenvalue weighted by molar-refractivity contribution is 5.94. The van der Waals surface area contributed by atoms with Crippen LogP contribution < -0.4 is 10.6 Å². The number of carbonyl (C=O) groups excluding carboxylic acids is 3. The van der Waals surface area contributed by atoms with Crippen molar-refractivity contribution in [2.24, 2.45) is 17.3 Å². The Balaban J connectivity index is 1.22. The SMILES string of the molecule is CC(=O)NC12C[C@H]3C[C@@H](C1)CC(C(=O)NCc1ccc(C(=O)N4CCCCC4)cc1)(C3)C2. The first-order valence-corrected chi connectivity index (χ1v) is 12.3. The predicted octanol–water partition coefficient (Wildman–Crippen LogP) is 3.40. The lowest BCUT2D eigenvalue weighted by Crippen LogP contribution is -2.65. The zero-order chi connectivity index (χ0) is 22.3. The predicted molar refractivity (Wildman–Crippen MR) is 122 cm³/mol. The van der Waals surface area contributed by atoms with Crippen LogP contribution in [0.15, 0.2) is 24.3 Å². The molecule has 5 fully saturated rings. The number of likely N-dealkylation sites (tertiary alicyclic amines) is 1. The number of amides is 3. The number of nitrogens with one attached hydrogen (secondary N) is 2. The molecule has 172 valence electrons. The van der Waals surface area contributed by atoms with Crippen molar-refractivity contribution in [2.75, 3.05) is 13.1 Å². The average Bonchev–Trinajstić information content (AvgIpc) is 2.76. The third-order valence-corrected chi connectivity index (χ3v) is 8.28. The van der Waals surface area contributed by atoms with E-state index >= 15 is 0 Å². The molecule has 4 bridgehead atoms. The molecule has 32 heavy (non-hydrogen) atoms. The van der Waals surface area contributed by atoms with Crippen LogP contribution >= 0.6 is 0 Å². The number of hydrogen-bond donors (Lipinski definition) is 2. The van der Waals surface area contributed by atoms with Crippen LogP contribution in [-0.4, -0.2) is 41.2 Å². The van der Waals surface area contributed by atoms with Crippen LogP contribution in [0.3, 0.4) is 0 Å². The molecule has 4 atom stereocenters. The minimum atomic E-state index is -0.350. The molecule has 6 heteroatoms. The summed E-state index contributed by atoms with van der Waals surface area (Å²) in [4.78, 5) is 39.9. The van der Waals surface area contributed by atoms with Gasteiger partial charge in [0.2, 0.25) is 11.8 Å². The Labute approximate surface area is 190 Å². The van der Waals surface area contributed by atoms with Gasteiger partial charge in [0.15, 0.2) is 0 Å². The lowest BCUT2D eigenvalue weighted by Gasteiger charge is -2.61. The minimum Gasteiger partial charge on any atom is -0.352 e. The summed E-state index contributed by atoms with van der Waals surface area (Å²) in [6.45, 7) is 3.76. The van der Waals surface area contributed by atoms with Gasteiger partial charge in [0.25, 0.3) is 5.91 Å². The maximum atomic E-state index is 13.4. The van der Waals surface area contributed by atoms with Crippen LogP contribution in [0.5, 0.6) is 0 Å². The quantitative estimate of drug-likeness (QED) is 0.741. The van der Waals surface area contributed by atoms with Crippen molar-refractivity contribution in [3.05, 3.63) is 35.4 Å². The van der Waals surface area contributed by atoms with E-state index in [1.807, 2.05) is 29.2 Å². The summed E-state index contributed by atoms with van der Waals surface area (Å²) in [7, 11) is 0. The fraction of sp³-hybridized carbons (Fsp3) is 0.654. The smallest absolute Gasteiger partial charge is 0.253 e. The molecular formula is C26H35N3O3. The lowest BCUT2D eigenvalue weighted by atomic mass is 9.46. The summed E-state index contributed by atoms with van der Waals surface area (Å²) < 4.78 is 0. The second-order valence-electron chi connectivity index (χ2n) is 10.9. The number of nitrogens with zero attached hydrogens (tertiary/aromatic N) is 1. The number of hydrogen-bond acceptors (Lipinski definition) is 3. The third kappa shape index (κ3) is 4.04. The molecule has 0 spiro atoms. The molecule has 6 nitrogen and oxygen atoms in total. The second-order valence-corrected chi connectivity index (χ2v) is 10.9. The molecule has 2 unspecified atom stereocenters. The number of benzene rings is 1. The van der Waals surface area contributed by atoms with E-state index in [0.717, 1.165) is 69.2 Å². The molecule has 1 aromatic rings. The van der Waals surface area contributed by atoms with E-state index in [1.165, 1.54) is 12.8 Å². The highest BCUT2D eigenvalue weighted by atomic mass is 16.2. The van der Waals surface area contributed by atoms with E-state index in [4.69, 9.17) is 0 Å². The Hall–Kier alpha value is -2.37. The highest BCUT2D eigenvalue weighted by Crippen LogP contribution is 2.61. The van der Waals surface area contributed by atoms with Gasteiger partial charge in [-0.3, -0.25) is 14.4 Å². The number of carbonyl (C=O) groups is 3. The van der Waals surface area contributed by atoms with Crippen molar-refractivity contribution in [1.82, 2.24) is 15.5 Å². The number of piperidine rings is 1. The molecule has 0 radical (unpaired) electrons. The Morgan fingerprint density at radius 3 is 2.25 bits per heavy atom. The van der Waals surface area contributed by atoms with Gasteiger partial charge < -0.3 is 15.5 Å². The summed E-state index contributed by atoms with van der Waals surface area (Å²) in [6, 6.07) is 7.68. The molecule has 4 aliphatic carbocycles. The fourth-order valence-electron chi connectivity index (χ4n) is 7.46. The molecule has 4 saturated carbocycles. The van der Waals surface area contributed by atoms with E-state index in [1.54, 1.807) is 6.92 Å². The van der Waals surface area contributed by atoms with Gasteiger partial charge >= 0.3 is 0 Å². The monoisotopic (exact) mass is 437 g/mol. The summed E-state index contributed by atoms with van der Waals surface area (Å²) in [5.41, 5.74) is 1.19. The molecule has 2 N–H and O–H groups in total. The first kappa shape index (κ1) is 21.5. The molecule has 5 aliphatic rings. The van der Waals surface area contributed by atoms with Gasteiger partial charge in [0, 0.05) is 37.7 Å². The summed E-state index contributed by atoms with van der Waals surface area (Å²) in [5, 5.41) is 6.42. The lowest BCUT2D eigenvalue weighted by molar-refractivity contribution is -0.153. The van der Waals surface area contributed by atoms with Crippen LogP contribution in [0.4, 0.5) is 0 Å². The van der Waals surface area contributed by atoms with Crippen molar-refractivity contribution in [3.8, 4) is 0 Å². The molecular weight excluding hydrogens is 402 g/mol. The first-order valence-electron chi connectivity index (χ1n) is 12.3. The zero-order valence-corrected chi connectivity index (χ0v) is 19.1. The van der Waals surface area contributed by atoms with Crippen molar-refractivity contribution in [3.63, 3.8) is 0 Å². The molecule has 1 aliphatic heterocycles. The largest absolute Gasteiger partial charge is 0.352 e. The molecule has 1 aromatic carbocycles. The molecule has 6 rings (SSSR count). The van der Waals surface area contributed by atoms with Crippen molar-refractivity contribution in [1.29, 1.82) is 0 Å². The van der Waals surface area contributed by atoms with Crippen LogP contribution in [-0.2, 0) is 16.1 Å². The normalized spacial score (nSPS) is 33.1. The topological polar surface area (TPSA) is 78.5 Å². The maximum absolute atomic E-state index is 13.4. The van der Waals surface area contributed by atoms with Gasteiger partial charge in [-0.25, -0.2) is 0 Å². The van der Waals surface area contributed by atoms with Gasteiger partial charge in [0.05, 0.1) is 5.41 Å². The van der Waals surface area contributed by atoms with E-state index in [2.05, 4.69) is 10.6 Å². The van der Waals surface area contributed by atoms with E-state index in [-0.39, 0.29) is 28.7 Å². The average molecular weight is 438 g/mol. The minimum absolute atomic E-state index is 0.0155. The van der Waals surface area contributed by atoms with Crippen LogP contribution in [0, 0.1) is 17.3 Å². The zero-order valence-electron chi connectivity index (χ0n) is 19.1. The Morgan fingerprint density at radius 2 is 1.62 bits per heavy atom. The van der Waals surface area contributed by atoms with Gasteiger partial charge in [-0.15, -0.1) is 0 Å². The van der Waals surface area contributed by atoms with E-state index < -0.39 is 0 Å². The summed E-state index contributed by atoms with van der Waals surface area (Å²) >= 11 is 0.